The number of rotatable bonds is 4. The second-order valence-corrected chi connectivity index (χ2v) is 8.58. The maximum absolute atomic E-state index is 5.96. The van der Waals surface area contributed by atoms with E-state index in [2.05, 4.69) is 58.8 Å². The normalized spacial score (nSPS) is 11.4. The van der Waals surface area contributed by atoms with Crippen LogP contribution >= 0.6 is 0 Å². The monoisotopic (exact) mass is 452 g/mol. The molecule has 4 heteroatoms. The molecule has 0 atom stereocenters. The van der Waals surface area contributed by atoms with E-state index in [1.54, 1.807) is 0 Å². The van der Waals surface area contributed by atoms with Gasteiger partial charge in [-0.1, -0.05) is 48.5 Å². The molecule has 166 valence electrons. The molecule has 0 radical (unpaired) electrons. The van der Waals surface area contributed by atoms with Crippen molar-refractivity contribution in [3.63, 3.8) is 0 Å². The molecule has 0 aliphatic carbocycles. The lowest BCUT2D eigenvalue weighted by Gasteiger charge is -2.08. The van der Waals surface area contributed by atoms with Crippen molar-refractivity contribution in [1.29, 1.82) is 0 Å². The number of hydrogen-bond donors (Lipinski definition) is 1. The molecule has 0 saturated carbocycles. The molecule has 2 aromatic heterocycles. The Balaban J connectivity index is 1.12. The predicted octanol–water partition coefficient (Wildman–Crippen LogP) is 8.80. The van der Waals surface area contributed by atoms with E-state index in [-0.39, 0.29) is 0 Å². The lowest BCUT2D eigenvalue weighted by molar-refractivity contribution is 0.620. The van der Waals surface area contributed by atoms with Crippen molar-refractivity contribution >= 4 is 44.4 Å². The van der Waals surface area contributed by atoms with E-state index in [1.165, 1.54) is 5.56 Å². The number of furan rings is 1. The van der Waals surface area contributed by atoms with Crippen molar-refractivity contribution in [2.75, 3.05) is 5.32 Å². The fourth-order valence-corrected chi connectivity index (χ4v) is 4.51. The van der Waals surface area contributed by atoms with Gasteiger partial charge < -0.3 is 14.2 Å². The molecule has 5 aromatic carbocycles. The summed E-state index contributed by atoms with van der Waals surface area (Å²) in [6, 6.07) is 38.9. The predicted molar refractivity (Wildman–Crippen MR) is 142 cm³/mol. The number of anilines is 2. The van der Waals surface area contributed by atoms with Gasteiger partial charge in [0.1, 0.15) is 16.7 Å². The van der Waals surface area contributed by atoms with Gasteiger partial charge >= 0.3 is 0 Å². The van der Waals surface area contributed by atoms with Crippen LogP contribution < -0.4 is 5.32 Å². The fourth-order valence-electron chi connectivity index (χ4n) is 4.51. The molecule has 0 aliphatic heterocycles. The minimum Gasteiger partial charge on any atom is -0.456 e. The quantitative estimate of drug-likeness (QED) is 0.290. The molecule has 0 bridgehead atoms. The maximum atomic E-state index is 5.96. The molecule has 35 heavy (non-hydrogen) atoms. The maximum Gasteiger partial charge on any atom is 0.227 e. The number of para-hydroxylation sites is 3. The van der Waals surface area contributed by atoms with Crippen molar-refractivity contribution in [2.45, 2.75) is 0 Å². The van der Waals surface area contributed by atoms with E-state index >= 15 is 0 Å². The van der Waals surface area contributed by atoms with Crippen LogP contribution in [-0.2, 0) is 0 Å². The molecule has 4 nitrogen and oxygen atoms in total. The standard InChI is InChI=1S/C31H20N2O2/c1-3-7-28-25(5-1)26-19-22(13-18-29(26)34-28)20-9-14-23(15-10-20)32-24-16-11-21(12-17-24)31-33-27-6-2-4-8-30(27)35-31/h1-19,32H. The van der Waals surface area contributed by atoms with Gasteiger partial charge in [-0.3, -0.25) is 0 Å². The minimum absolute atomic E-state index is 0.629. The van der Waals surface area contributed by atoms with Gasteiger partial charge in [0, 0.05) is 27.7 Å². The smallest absolute Gasteiger partial charge is 0.227 e. The minimum atomic E-state index is 0.629. The SMILES string of the molecule is c1ccc2oc(-c3ccc(Nc4ccc(-c5ccc6oc7ccccc7c6c5)cc4)cc3)nc2c1. The van der Waals surface area contributed by atoms with Crippen LogP contribution in [0.3, 0.4) is 0 Å². The molecule has 7 aromatic rings. The summed E-state index contributed by atoms with van der Waals surface area (Å²) in [6.45, 7) is 0. The van der Waals surface area contributed by atoms with Crippen molar-refractivity contribution in [1.82, 2.24) is 4.98 Å². The second kappa shape index (κ2) is 7.89. The van der Waals surface area contributed by atoms with E-state index in [1.807, 2.05) is 66.7 Å². The average Bonchev–Trinajstić information content (AvgIpc) is 3.51. The number of nitrogens with zero attached hydrogens (tertiary/aromatic N) is 1. The van der Waals surface area contributed by atoms with Crippen LogP contribution in [0.5, 0.6) is 0 Å². The Labute approximate surface area is 201 Å². The number of benzene rings is 5. The van der Waals surface area contributed by atoms with Gasteiger partial charge in [0.15, 0.2) is 5.58 Å². The highest BCUT2D eigenvalue weighted by molar-refractivity contribution is 6.06. The number of oxazole rings is 1. The summed E-state index contributed by atoms with van der Waals surface area (Å²) in [5.41, 5.74) is 8.80. The Morgan fingerprint density at radius 1 is 0.486 bits per heavy atom. The Hall–Kier alpha value is -4.83. The molecular weight excluding hydrogens is 432 g/mol. The lowest BCUT2D eigenvalue weighted by Crippen LogP contribution is -1.90. The molecule has 0 spiro atoms. The number of fused-ring (bicyclic) bond motifs is 4. The van der Waals surface area contributed by atoms with Crippen LogP contribution in [0.1, 0.15) is 0 Å². The Morgan fingerprint density at radius 2 is 1.11 bits per heavy atom. The van der Waals surface area contributed by atoms with Gasteiger partial charge in [0.25, 0.3) is 0 Å². The van der Waals surface area contributed by atoms with E-state index in [9.17, 15) is 0 Å². The van der Waals surface area contributed by atoms with Gasteiger partial charge in [-0.05, 0) is 77.9 Å². The molecule has 0 fully saturated rings. The van der Waals surface area contributed by atoms with E-state index in [4.69, 9.17) is 8.83 Å². The highest BCUT2D eigenvalue weighted by Crippen LogP contribution is 2.33. The number of nitrogens with one attached hydrogen (secondary N) is 1. The lowest BCUT2D eigenvalue weighted by atomic mass is 10.0. The third kappa shape index (κ3) is 3.52. The topological polar surface area (TPSA) is 51.2 Å². The van der Waals surface area contributed by atoms with Crippen LogP contribution in [0.25, 0.3) is 55.6 Å². The summed E-state index contributed by atoms with van der Waals surface area (Å²) in [6.07, 6.45) is 0. The molecule has 0 aliphatic rings. The zero-order chi connectivity index (χ0) is 23.2. The fraction of sp³-hybridized carbons (Fsp3) is 0. The Bertz CT molecular complexity index is 1780. The molecular formula is C31H20N2O2. The van der Waals surface area contributed by atoms with Crippen LogP contribution in [0.15, 0.2) is 124 Å². The zero-order valence-corrected chi connectivity index (χ0v) is 18.7. The van der Waals surface area contributed by atoms with E-state index < -0.39 is 0 Å². The largest absolute Gasteiger partial charge is 0.456 e. The van der Waals surface area contributed by atoms with E-state index in [0.717, 1.165) is 55.5 Å². The number of hydrogen-bond acceptors (Lipinski definition) is 4. The molecule has 2 heterocycles. The Morgan fingerprint density at radius 3 is 1.89 bits per heavy atom. The third-order valence-electron chi connectivity index (χ3n) is 6.31. The van der Waals surface area contributed by atoms with E-state index in [0.29, 0.717) is 5.89 Å². The van der Waals surface area contributed by atoms with Gasteiger partial charge in [0.2, 0.25) is 5.89 Å². The molecule has 0 saturated heterocycles. The summed E-state index contributed by atoms with van der Waals surface area (Å²) in [5, 5.41) is 5.75. The highest BCUT2D eigenvalue weighted by Gasteiger charge is 2.09. The number of aromatic nitrogens is 1. The van der Waals surface area contributed by atoms with Gasteiger partial charge in [-0.15, -0.1) is 0 Å². The van der Waals surface area contributed by atoms with Crippen molar-refractivity contribution in [3.05, 3.63) is 115 Å². The van der Waals surface area contributed by atoms with Crippen molar-refractivity contribution in [2.24, 2.45) is 0 Å². The average molecular weight is 453 g/mol. The molecule has 7 rings (SSSR count). The van der Waals surface area contributed by atoms with Crippen LogP contribution in [0.4, 0.5) is 11.4 Å². The summed E-state index contributed by atoms with van der Waals surface area (Å²) in [7, 11) is 0. The first-order valence-electron chi connectivity index (χ1n) is 11.5. The van der Waals surface area contributed by atoms with Crippen molar-refractivity contribution in [3.8, 4) is 22.6 Å². The summed E-state index contributed by atoms with van der Waals surface area (Å²) in [5.74, 6) is 0.629. The summed E-state index contributed by atoms with van der Waals surface area (Å²) < 4.78 is 11.8. The second-order valence-electron chi connectivity index (χ2n) is 8.58. The van der Waals surface area contributed by atoms with Crippen LogP contribution in [-0.4, -0.2) is 4.98 Å². The van der Waals surface area contributed by atoms with Crippen LogP contribution in [0.2, 0.25) is 0 Å². The van der Waals surface area contributed by atoms with Gasteiger partial charge in [0.05, 0.1) is 0 Å². The first kappa shape index (κ1) is 19.6. The van der Waals surface area contributed by atoms with Crippen molar-refractivity contribution < 1.29 is 8.83 Å². The Kier molecular flexibility index (Phi) is 4.42. The molecule has 0 amide bonds. The molecule has 0 unspecified atom stereocenters. The highest BCUT2D eigenvalue weighted by atomic mass is 16.3. The first-order chi connectivity index (χ1) is 17.3. The van der Waals surface area contributed by atoms with Crippen LogP contribution in [0, 0.1) is 0 Å². The third-order valence-corrected chi connectivity index (χ3v) is 6.31. The zero-order valence-electron chi connectivity index (χ0n) is 18.7. The summed E-state index contributed by atoms with van der Waals surface area (Å²) in [4.78, 5) is 4.57. The first-order valence-corrected chi connectivity index (χ1v) is 11.5. The van der Waals surface area contributed by atoms with Gasteiger partial charge in [-0.25, -0.2) is 4.98 Å². The van der Waals surface area contributed by atoms with Gasteiger partial charge in [-0.2, -0.15) is 0 Å². The molecule has 1 N–H and O–H groups in total. The summed E-state index contributed by atoms with van der Waals surface area (Å²) >= 11 is 0.